The minimum Gasteiger partial charge on any atom is -0.338 e. The minimum atomic E-state index is -3.48. The second-order valence-corrected chi connectivity index (χ2v) is 8.37. The second-order valence-electron chi connectivity index (χ2n) is 6.22. The van der Waals surface area contributed by atoms with Gasteiger partial charge >= 0.3 is 0 Å². The van der Waals surface area contributed by atoms with Gasteiger partial charge in [0.1, 0.15) is 0 Å². The third-order valence-electron chi connectivity index (χ3n) is 4.45. The van der Waals surface area contributed by atoms with Gasteiger partial charge in [-0.2, -0.15) is 0 Å². The van der Waals surface area contributed by atoms with Gasteiger partial charge in [-0.15, -0.1) is 5.10 Å². The summed E-state index contributed by atoms with van der Waals surface area (Å²) >= 11 is 0. The molecule has 0 saturated carbocycles. The molecule has 134 valence electrons. The number of nitrogens with zero attached hydrogens (tertiary/aromatic N) is 5. The largest absolute Gasteiger partial charge is 0.338 e. The molecule has 0 bridgehead atoms. The average Bonchev–Trinajstić information content (AvgIpc) is 3.16. The SMILES string of the molecule is CN(C)S(=O)(=O)c1ccc(C(=O)N2CCC(n3ccnn3)CC2)cc1. The molecule has 0 N–H and O–H groups in total. The van der Waals surface area contributed by atoms with Crippen LogP contribution < -0.4 is 0 Å². The van der Waals surface area contributed by atoms with Crippen LogP contribution in [0.15, 0.2) is 41.6 Å². The van der Waals surface area contributed by atoms with E-state index in [0.717, 1.165) is 17.1 Å². The first-order valence-corrected chi connectivity index (χ1v) is 9.51. The van der Waals surface area contributed by atoms with Gasteiger partial charge in [-0.25, -0.2) is 17.4 Å². The molecule has 1 aliphatic heterocycles. The van der Waals surface area contributed by atoms with E-state index in [1.807, 2.05) is 10.9 Å². The number of amides is 1. The van der Waals surface area contributed by atoms with Crippen molar-refractivity contribution in [3.05, 3.63) is 42.2 Å². The van der Waals surface area contributed by atoms with E-state index in [-0.39, 0.29) is 16.8 Å². The van der Waals surface area contributed by atoms with Crippen LogP contribution in [0, 0.1) is 0 Å². The minimum absolute atomic E-state index is 0.0779. The molecule has 1 fully saturated rings. The van der Waals surface area contributed by atoms with Crippen LogP contribution in [-0.2, 0) is 10.0 Å². The topological polar surface area (TPSA) is 88.4 Å². The molecule has 0 radical (unpaired) electrons. The van der Waals surface area contributed by atoms with Crippen molar-refractivity contribution in [3.63, 3.8) is 0 Å². The Balaban J connectivity index is 1.66. The van der Waals surface area contributed by atoms with Gasteiger partial charge in [0.25, 0.3) is 5.91 Å². The Labute approximate surface area is 147 Å². The van der Waals surface area contributed by atoms with Crippen LogP contribution in [0.5, 0.6) is 0 Å². The molecule has 8 nitrogen and oxygen atoms in total. The van der Waals surface area contributed by atoms with Crippen molar-refractivity contribution in [1.29, 1.82) is 0 Å². The molecule has 0 spiro atoms. The molecule has 1 aromatic carbocycles. The molecule has 1 saturated heterocycles. The Bertz CT molecular complexity index is 823. The van der Waals surface area contributed by atoms with Crippen molar-refractivity contribution in [1.82, 2.24) is 24.2 Å². The highest BCUT2D eigenvalue weighted by molar-refractivity contribution is 7.89. The molecule has 1 amide bonds. The molecular weight excluding hydrogens is 342 g/mol. The summed E-state index contributed by atoms with van der Waals surface area (Å²) in [5.74, 6) is -0.0779. The lowest BCUT2D eigenvalue weighted by Crippen LogP contribution is -2.39. The Morgan fingerprint density at radius 2 is 1.80 bits per heavy atom. The maximum Gasteiger partial charge on any atom is 0.253 e. The molecule has 1 aromatic heterocycles. The fourth-order valence-corrected chi connectivity index (χ4v) is 3.81. The summed E-state index contributed by atoms with van der Waals surface area (Å²) in [5.41, 5.74) is 0.497. The normalized spacial score (nSPS) is 16.4. The van der Waals surface area contributed by atoms with Crippen molar-refractivity contribution in [2.24, 2.45) is 0 Å². The summed E-state index contributed by atoms with van der Waals surface area (Å²) < 4.78 is 27.1. The van der Waals surface area contributed by atoms with Crippen molar-refractivity contribution in [2.75, 3.05) is 27.2 Å². The summed E-state index contributed by atoms with van der Waals surface area (Å²) in [6.07, 6.45) is 5.14. The van der Waals surface area contributed by atoms with Gasteiger partial charge in [0.05, 0.1) is 17.1 Å². The highest BCUT2D eigenvalue weighted by Crippen LogP contribution is 2.23. The first kappa shape index (κ1) is 17.6. The van der Waals surface area contributed by atoms with E-state index in [1.54, 1.807) is 23.2 Å². The van der Waals surface area contributed by atoms with Crippen LogP contribution in [0.3, 0.4) is 0 Å². The van der Waals surface area contributed by atoms with Gasteiger partial charge in [-0.3, -0.25) is 4.79 Å². The van der Waals surface area contributed by atoms with Crippen LogP contribution in [0.2, 0.25) is 0 Å². The van der Waals surface area contributed by atoms with Crippen LogP contribution >= 0.6 is 0 Å². The third-order valence-corrected chi connectivity index (χ3v) is 6.28. The summed E-state index contributed by atoms with van der Waals surface area (Å²) in [4.78, 5) is 14.6. The molecule has 3 rings (SSSR count). The van der Waals surface area contributed by atoms with Crippen molar-refractivity contribution < 1.29 is 13.2 Å². The maximum atomic E-state index is 12.6. The number of rotatable bonds is 4. The van der Waals surface area contributed by atoms with E-state index in [2.05, 4.69) is 10.3 Å². The predicted molar refractivity (Wildman–Crippen MR) is 91.5 cm³/mol. The van der Waals surface area contributed by atoms with Crippen LogP contribution in [0.25, 0.3) is 0 Å². The summed E-state index contributed by atoms with van der Waals surface area (Å²) in [7, 11) is -0.524. The fourth-order valence-electron chi connectivity index (χ4n) is 2.91. The van der Waals surface area contributed by atoms with E-state index in [1.165, 1.54) is 26.2 Å². The van der Waals surface area contributed by atoms with Gasteiger partial charge in [0.2, 0.25) is 10.0 Å². The molecule has 25 heavy (non-hydrogen) atoms. The van der Waals surface area contributed by atoms with Gasteiger partial charge in [0, 0.05) is 38.9 Å². The monoisotopic (exact) mass is 363 g/mol. The smallest absolute Gasteiger partial charge is 0.253 e. The number of hydrogen-bond acceptors (Lipinski definition) is 5. The Hall–Kier alpha value is -2.26. The number of carbonyl (C=O) groups is 1. The third kappa shape index (κ3) is 3.57. The fraction of sp³-hybridized carbons (Fsp3) is 0.438. The van der Waals surface area contributed by atoms with Gasteiger partial charge < -0.3 is 4.90 Å². The van der Waals surface area contributed by atoms with Gasteiger partial charge in [-0.1, -0.05) is 5.21 Å². The van der Waals surface area contributed by atoms with Crippen molar-refractivity contribution in [2.45, 2.75) is 23.8 Å². The van der Waals surface area contributed by atoms with E-state index in [9.17, 15) is 13.2 Å². The number of likely N-dealkylation sites (tertiary alicyclic amines) is 1. The standard InChI is InChI=1S/C16H21N5O3S/c1-19(2)25(23,24)15-5-3-13(4-6-15)16(22)20-10-7-14(8-11-20)21-12-9-17-18-21/h3-6,9,12,14H,7-8,10-11H2,1-2H3. The highest BCUT2D eigenvalue weighted by Gasteiger charge is 2.25. The second kappa shape index (κ2) is 6.93. The summed E-state index contributed by atoms with van der Waals surface area (Å²) in [6, 6.07) is 6.36. The molecule has 0 aliphatic carbocycles. The highest BCUT2D eigenvalue weighted by atomic mass is 32.2. The van der Waals surface area contributed by atoms with Crippen LogP contribution in [0.4, 0.5) is 0 Å². The lowest BCUT2D eigenvalue weighted by atomic mass is 10.0. The number of benzene rings is 1. The quantitative estimate of drug-likeness (QED) is 0.809. The molecule has 0 atom stereocenters. The summed E-state index contributed by atoms with van der Waals surface area (Å²) in [6.45, 7) is 1.28. The lowest BCUT2D eigenvalue weighted by molar-refractivity contribution is 0.0689. The summed E-state index contributed by atoms with van der Waals surface area (Å²) in [5, 5.41) is 7.84. The molecule has 0 unspecified atom stereocenters. The van der Waals surface area contributed by atoms with E-state index in [0.29, 0.717) is 18.7 Å². The van der Waals surface area contributed by atoms with Crippen LogP contribution in [0.1, 0.15) is 29.2 Å². The first-order chi connectivity index (χ1) is 11.9. The van der Waals surface area contributed by atoms with Gasteiger partial charge in [0.15, 0.2) is 0 Å². The van der Waals surface area contributed by atoms with E-state index < -0.39 is 10.0 Å². The maximum absolute atomic E-state index is 12.6. The number of piperidine rings is 1. The number of carbonyl (C=O) groups excluding carboxylic acids is 1. The Morgan fingerprint density at radius 3 is 2.32 bits per heavy atom. The number of aromatic nitrogens is 3. The zero-order valence-corrected chi connectivity index (χ0v) is 15.1. The van der Waals surface area contributed by atoms with E-state index >= 15 is 0 Å². The molecule has 1 aliphatic rings. The lowest BCUT2D eigenvalue weighted by Gasteiger charge is -2.31. The molecular formula is C16H21N5O3S. The number of sulfonamides is 1. The number of hydrogen-bond donors (Lipinski definition) is 0. The molecule has 9 heteroatoms. The molecule has 2 aromatic rings. The van der Waals surface area contributed by atoms with Crippen molar-refractivity contribution >= 4 is 15.9 Å². The Morgan fingerprint density at radius 1 is 1.16 bits per heavy atom. The zero-order valence-electron chi connectivity index (χ0n) is 14.2. The van der Waals surface area contributed by atoms with E-state index in [4.69, 9.17) is 0 Å². The van der Waals surface area contributed by atoms with Crippen LogP contribution in [-0.4, -0.2) is 65.7 Å². The molecule has 2 heterocycles. The average molecular weight is 363 g/mol. The predicted octanol–water partition coefficient (Wildman–Crippen LogP) is 1.01. The van der Waals surface area contributed by atoms with Crippen molar-refractivity contribution in [3.8, 4) is 0 Å². The first-order valence-electron chi connectivity index (χ1n) is 8.07. The Kier molecular flexibility index (Phi) is 4.87. The van der Waals surface area contributed by atoms with Gasteiger partial charge in [-0.05, 0) is 37.1 Å². The zero-order chi connectivity index (χ0) is 18.0.